The number of ketones is 1. The van der Waals surface area contributed by atoms with Crippen molar-refractivity contribution in [3.8, 4) is 0 Å². The molecule has 2 aliphatic heterocycles. The summed E-state index contributed by atoms with van der Waals surface area (Å²) in [5.74, 6) is 0.144. The predicted molar refractivity (Wildman–Crippen MR) is 88.7 cm³/mol. The number of hydrogen-bond acceptors (Lipinski definition) is 3. The van der Waals surface area contributed by atoms with Gasteiger partial charge in [0.2, 0.25) is 5.91 Å². The third-order valence-electron chi connectivity index (χ3n) is 5.57. The molecule has 2 saturated heterocycles. The predicted octanol–water partition coefficient (Wildman–Crippen LogP) is 1.58. The number of piperazine rings is 1. The molecule has 3 aliphatic rings. The van der Waals surface area contributed by atoms with Gasteiger partial charge in [-0.2, -0.15) is 0 Å². The minimum atomic E-state index is -0.441. The summed E-state index contributed by atoms with van der Waals surface area (Å²) in [5.41, 5.74) is 3.26. The van der Waals surface area contributed by atoms with Gasteiger partial charge in [0.15, 0.2) is 5.78 Å². The zero-order valence-electron chi connectivity index (χ0n) is 13.8. The Labute approximate surface area is 141 Å². The Bertz CT molecular complexity index is 713. The van der Waals surface area contributed by atoms with Crippen LogP contribution in [0.1, 0.15) is 47.2 Å². The molecule has 1 atom stereocenters. The first kappa shape index (κ1) is 15.4. The highest BCUT2D eigenvalue weighted by Gasteiger charge is 2.40. The van der Waals surface area contributed by atoms with E-state index in [1.807, 2.05) is 12.1 Å². The Morgan fingerprint density at radius 1 is 1.00 bits per heavy atom. The third-order valence-corrected chi connectivity index (χ3v) is 5.57. The molecule has 5 nitrogen and oxygen atoms in total. The van der Waals surface area contributed by atoms with Crippen molar-refractivity contribution < 1.29 is 14.4 Å². The van der Waals surface area contributed by atoms with Crippen LogP contribution in [0.3, 0.4) is 0 Å². The quantitative estimate of drug-likeness (QED) is 0.787. The molecule has 0 bridgehead atoms. The van der Waals surface area contributed by atoms with Gasteiger partial charge >= 0.3 is 0 Å². The van der Waals surface area contributed by atoms with E-state index in [0.717, 1.165) is 24.8 Å². The summed E-state index contributed by atoms with van der Waals surface area (Å²) in [6, 6.07) is 5.55. The summed E-state index contributed by atoms with van der Waals surface area (Å²) in [6.45, 7) is 1.32. The summed E-state index contributed by atoms with van der Waals surface area (Å²) in [7, 11) is 0. The molecule has 2 amide bonds. The van der Waals surface area contributed by atoms with Crippen LogP contribution < -0.4 is 0 Å². The summed E-state index contributed by atoms with van der Waals surface area (Å²) in [5, 5.41) is 0. The number of aryl methyl sites for hydroxylation is 1. The summed E-state index contributed by atoms with van der Waals surface area (Å²) < 4.78 is 0. The lowest BCUT2D eigenvalue weighted by Crippen LogP contribution is -2.61. The largest absolute Gasteiger partial charge is 0.334 e. The minimum absolute atomic E-state index is 0.0132. The molecule has 1 aromatic rings. The van der Waals surface area contributed by atoms with Gasteiger partial charge in [-0.25, -0.2) is 0 Å². The molecule has 2 fully saturated rings. The molecule has 2 heterocycles. The lowest BCUT2D eigenvalue weighted by Gasteiger charge is -2.43. The van der Waals surface area contributed by atoms with E-state index in [1.165, 1.54) is 17.5 Å². The molecule has 0 aromatic heterocycles. The number of carbonyl (C=O) groups excluding carboxylic acids is 3. The van der Waals surface area contributed by atoms with Crippen LogP contribution in [-0.2, 0) is 22.4 Å². The Hall–Kier alpha value is -2.17. The topological polar surface area (TPSA) is 57.7 Å². The van der Waals surface area contributed by atoms with E-state index in [9.17, 15) is 14.4 Å². The molecule has 0 saturated carbocycles. The van der Waals surface area contributed by atoms with Crippen molar-refractivity contribution >= 4 is 17.6 Å². The number of nitrogens with zero attached hydrogens (tertiary/aromatic N) is 2. The van der Waals surface area contributed by atoms with E-state index < -0.39 is 6.04 Å². The monoisotopic (exact) mass is 326 g/mol. The van der Waals surface area contributed by atoms with Crippen molar-refractivity contribution in [2.75, 3.05) is 19.6 Å². The molecule has 1 unspecified atom stereocenters. The van der Waals surface area contributed by atoms with Crippen molar-refractivity contribution in [1.29, 1.82) is 0 Å². The zero-order valence-corrected chi connectivity index (χ0v) is 13.8. The number of rotatable bonds is 1. The first-order chi connectivity index (χ1) is 11.6. The molecule has 5 heteroatoms. The Morgan fingerprint density at radius 2 is 1.83 bits per heavy atom. The molecule has 24 heavy (non-hydrogen) atoms. The third kappa shape index (κ3) is 2.52. The Morgan fingerprint density at radius 3 is 2.71 bits per heavy atom. The van der Waals surface area contributed by atoms with Crippen LogP contribution in [0, 0.1) is 0 Å². The van der Waals surface area contributed by atoms with Crippen LogP contribution in [0.25, 0.3) is 0 Å². The van der Waals surface area contributed by atoms with Gasteiger partial charge in [0.05, 0.1) is 0 Å². The van der Waals surface area contributed by atoms with Crippen LogP contribution in [0.5, 0.6) is 0 Å². The van der Waals surface area contributed by atoms with E-state index in [-0.39, 0.29) is 17.6 Å². The van der Waals surface area contributed by atoms with E-state index >= 15 is 0 Å². The van der Waals surface area contributed by atoms with Crippen molar-refractivity contribution in [2.24, 2.45) is 0 Å². The number of amides is 2. The van der Waals surface area contributed by atoms with Crippen molar-refractivity contribution in [3.05, 3.63) is 34.9 Å². The SMILES string of the molecule is O=C1CCC(=O)N2CCN(C(=O)c3cccc4c3CCCC4)CC12. The first-order valence-electron chi connectivity index (χ1n) is 8.87. The second kappa shape index (κ2) is 6.04. The molecule has 0 N–H and O–H groups in total. The Kier molecular flexibility index (Phi) is 3.87. The maximum atomic E-state index is 13.0. The fourth-order valence-corrected chi connectivity index (χ4v) is 4.23. The van der Waals surface area contributed by atoms with E-state index in [4.69, 9.17) is 0 Å². The summed E-state index contributed by atoms with van der Waals surface area (Å²) in [6.07, 6.45) is 4.93. The number of fused-ring (bicyclic) bond motifs is 2. The van der Waals surface area contributed by atoms with E-state index in [2.05, 4.69) is 6.07 Å². The highest BCUT2D eigenvalue weighted by atomic mass is 16.2. The standard InChI is InChI=1S/C19H22N2O3/c22-17-8-9-18(23)21-11-10-20(12-16(17)21)19(24)15-7-3-5-13-4-1-2-6-14(13)15/h3,5,7,16H,1-2,4,6,8-12H2. The highest BCUT2D eigenvalue weighted by Crippen LogP contribution is 2.27. The summed E-state index contributed by atoms with van der Waals surface area (Å²) in [4.78, 5) is 40.6. The van der Waals surface area contributed by atoms with Crippen molar-refractivity contribution in [2.45, 2.75) is 44.6 Å². The molecule has 1 aliphatic carbocycles. The highest BCUT2D eigenvalue weighted by molar-refractivity contribution is 5.99. The van der Waals surface area contributed by atoms with Crippen molar-refractivity contribution in [1.82, 2.24) is 9.80 Å². The molecular weight excluding hydrogens is 304 g/mol. The van der Waals surface area contributed by atoms with Crippen LogP contribution >= 0.6 is 0 Å². The van der Waals surface area contributed by atoms with Gasteiger partial charge in [0, 0.05) is 38.0 Å². The van der Waals surface area contributed by atoms with Crippen LogP contribution in [0.2, 0.25) is 0 Å². The molecular formula is C19H22N2O3. The lowest BCUT2D eigenvalue weighted by molar-refractivity contribution is -0.147. The van der Waals surface area contributed by atoms with Crippen molar-refractivity contribution in [3.63, 3.8) is 0 Å². The molecule has 1 aromatic carbocycles. The maximum absolute atomic E-state index is 13.0. The van der Waals surface area contributed by atoms with Crippen LogP contribution in [0.4, 0.5) is 0 Å². The lowest BCUT2D eigenvalue weighted by atomic mass is 9.87. The van der Waals surface area contributed by atoms with Gasteiger partial charge in [0.25, 0.3) is 5.91 Å². The van der Waals surface area contributed by atoms with Gasteiger partial charge < -0.3 is 9.80 Å². The molecule has 0 spiro atoms. The number of Topliss-reactive ketones (excluding diaryl/α,β-unsaturated/α-hetero) is 1. The number of piperidine rings is 1. The van der Waals surface area contributed by atoms with Crippen LogP contribution in [-0.4, -0.2) is 53.1 Å². The maximum Gasteiger partial charge on any atom is 0.254 e. The average Bonchev–Trinajstić information content (AvgIpc) is 2.63. The minimum Gasteiger partial charge on any atom is -0.334 e. The average molecular weight is 326 g/mol. The molecule has 126 valence electrons. The molecule has 4 rings (SSSR count). The van der Waals surface area contributed by atoms with Gasteiger partial charge in [-0.3, -0.25) is 14.4 Å². The molecule has 0 radical (unpaired) electrons. The van der Waals surface area contributed by atoms with Crippen LogP contribution in [0.15, 0.2) is 18.2 Å². The fourth-order valence-electron chi connectivity index (χ4n) is 4.23. The first-order valence-corrected chi connectivity index (χ1v) is 8.87. The second-order valence-electron chi connectivity index (χ2n) is 6.97. The smallest absolute Gasteiger partial charge is 0.254 e. The number of carbonyl (C=O) groups is 3. The normalized spacial score (nSPS) is 23.8. The van der Waals surface area contributed by atoms with Gasteiger partial charge in [-0.15, -0.1) is 0 Å². The van der Waals surface area contributed by atoms with E-state index in [0.29, 0.717) is 32.5 Å². The summed E-state index contributed by atoms with van der Waals surface area (Å²) >= 11 is 0. The Balaban J connectivity index is 1.58. The number of benzene rings is 1. The van der Waals surface area contributed by atoms with Gasteiger partial charge in [0.1, 0.15) is 6.04 Å². The van der Waals surface area contributed by atoms with E-state index in [1.54, 1.807) is 9.80 Å². The zero-order chi connectivity index (χ0) is 16.7. The van der Waals surface area contributed by atoms with Gasteiger partial charge in [-0.1, -0.05) is 12.1 Å². The number of hydrogen-bond donors (Lipinski definition) is 0. The second-order valence-corrected chi connectivity index (χ2v) is 6.97. The van der Waals surface area contributed by atoms with Gasteiger partial charge in [-0.05, 0) is 42.9 Å². The fraction of sp³-hybridized carbons (Fsp3) is 0.526.